The fourth-order valence-corrected chi connectivity index (χ4v) is 9.33. The molecule has 4 saturated carbocycles. The minimum absolute atomic E-state index is 0.0464. The second-order valence-corrected chi connectivity index (χ2v) is 13.5. The zero-order valence-electron chi connectivity index (χ0n) is 24.3. The van der Waals surface area contributed by atoms with E-state index in [2.05, 4.69) is 13.8 Å². The number of Topliss-reactive ketones (excluding diaryl/α,β-unsaturated/α-hetero) is 1. The van der Waals surface area contributed by atoms with Gasteiger partial charge in [-0.3, -0.25) is 19.2 Å². The average Bonchev–Trinajstić information content (AvgIpc) is 3.13. The average molecular weight is 533 g/mol. The van der Waals surface area contributed by atoms with Crippen LogP contribution in [0.3, 0.4) is 0 Å². The van der Waals surface area contributed by atoms with Crippen molar-refractivity contribution in [1.82, 2.24) is 0 Å². The van der Waals surface area contributed by atoms with Crippen LogP contribution in [0.1, 0.15) is 106 Å². The molecule has 0 aliphatic heterocycles. The Labute approximate surface area is 228 Å². The van der Waals surface area contributed by atoms with Gasteiger partial charge in [0.25, 0.3) is 0 Å². The molecule has 0 aromatic heterocycles. The van der Waals surface area contributed by atoms with Crippen molar-refractivity contribution in [2.75, 3.05) is 6.61 Å². The third kappa shape index (κ3) is 5.67. The zero-order valence-corrected chi connectivity index (χ0v) is 24.3. The Kier molecular flexibility index (Phi) is 8.64. The fourth-order valence-electron chi connectivity index (χ4n) is 9.33. The van der Waals surface area contributed by atoms with Gasteiger partial charge in [-0.1, -0.05) is 20.8 Å². The van der Waals surface area contributed by atoms with Crippen LogP contribution in [0, 0.1) is 46.3 Å². The molecule has 10 atom stereocenters. The van der Waals surface area contributed by atoms with Crippen molar-refractivity contribution in [3.05, 3.63) is 0 Å². The van der Waals surface area contributed by atoms with Crippen molar-refractivity contribution in [2.24, 2.45) is 46.3 Å². The molecule has 0 bridgehead atoms. The Hall–Kier alpha value is -1.92. The van der Waals surface area contributed by atoms with Gasteiger partial charge in [-0.15, -0.1) is 0 Å². The molecular weight excluding hydrogens is 484 g/mol. The van der Waals surface area contributed by atoms with E-state index in [9.17, 15) is 19.2 Å². The lowest BCUT2D eigenvalue weighted by molar-refractivity contribution is -0.162. The number of carbonyl (C=O) groups is 4. The van der Waals surface area contributed by atoms with Crippen LogP contribution >= 0.6 is 0 Å². The number of esters is 3. The molecule has 0 spiro atoms. The number of ether oxygens (including phenoxy) is 3. The molecule has 38 heavy (non-hydrogen) atoms. The van der Waals surface area contributed by atoms with Crippen molar-refractivity contribution in [1.29, 1.82) is 0 Å². The largest absolute Gasteiger partial charge is 0.466 e. The summed E-state index contributed by atoms with van der Waals surface area (Å²) in [5.74, 6) is 1.29. The summed E-state index contributed by atoms with van der Waals surface area (Å²) in [5.41, 5.74) is 0.0954. The number of ketones is 1. The lowest BCUT2D eigenvalue weighted by Crippen LogP contribution is -2.54. The van der Waals surface area contributed by atoms with Crippen LogP contribution in [0.15, 0.2) is 0 Å². The number of hydrogen-bond donors (Lipinski definition) is 0. The van der Waals surface area contributed by atoms with Crippen LogP contribution in [0.2, 0.25) is 0 Å². The van der Waals surface area contributed by atoms with Crippen LogP contribution in [0.25, 0.3) is 0 Å². The van der Waals surface area contributed by atoms with Gasteiger partial charge in [0.2, 0.25) is 0 Å². The quantitative estimate of drug-likeness (QED) is 0.294. The van der Waals surface area contributed by atoms with Crippen molar-refractivity contribution in [3.8, 4) is 0 Å². The van der Waals surface area contributed by atoms with E-state index in [1.807, 2.05) is 6.92 Å². The molecule has 7 nitrogen and oxygen atoms in total. The van der Waals surface area contributed by atoms with E-state index in [1.165, 1.54) is 13.8 Å². The molecule has 0 saturated heterocycles. The van der Waals surface area contributed by atoms with Crippen molar-refractivity contribution in [2.45, 2.75) is 118 Å². The highest BCUT2D eigenvalue weighted by molar-refractivity contribution is 5.81. The van der Waals surface area contributed by atoms with E-state index >= 15 is 0 Å². The molecule has 4 aliphatic carbocycles. The molecule has 0 radical (unpaired) electrons. The maximum atomic E-state index is 13.0. The van der Waals surface area contributed by atoms with Gasteiger partial charge in [0.05, 0.1) is 12.5 Å². The molecule has 4 aliphatic rings. The molecule has 0 aromatic carbocycles. The van der Waals surface area contributed by atoms with E-state index in [0.29, 0.717) is 36.7 Å². The lowest BCUT2D eigenvalue weighted by atomic mass is 9.44. The standard InChI is InChI=1S/C31H48O7/c1-18(17-36-20(3)33)7-10-28(35)38-27-16-26-24-9-8-22-15-23(37-21(4)34)11-13-30(22,5)25(24)12-14-31(26,6)29(27)19(2)32/h18,22-27,29H,7-17H2,1-6H3/t18-,22?,23+,24-,25+,26+,27+,29+,30+,31+/m1/s1. The maximum Gasteiger partial charge on any atom is 0.306 e. The van der Waals surface area contributed by atoms with Gasteiger partial charge >= 0.3 is 17.9 Å². The number of fused-ring (bicyclic) bond motifs is 5. The summed E-state index contributed by atoms with van der Waals surface area (Å²) in [7, 11) is 0. The first-order valence-electron chi connectivity index (χ1n) is 14.9. The molecule has 0 N–H and O–H groups in total. The van der Waals surface area contributed by atoms with E-state index in [4.69, 9.17) is 14.2 Å². The number of carbonyl (C=O) groups excluding carboxylic acids is 4. The smallest absolute Gasteiger partial charge is 0.306 e. The van der Waals surface area contributed by atoms with Crippen LogP contribution in [-0.2, 0) is 33.4 Å². The van der Waals surface area contributed by atoms with Crippen LogP contribution < -0.4 is 0 Å². The Balaban J connectivity index is 1.43. The highest BCUT2D eigenvalue weighted by atomic mass is 16.5. The summed E-state index contributed by atoms with van der Waals surface area (Å²) < 4.78 is 16.7. The summed E-state index contributed by atoms with van der Waals surface area (Å²) in [6, 6.07) is 0. The van der Waals surface area contributed by atoms with Crippen molar-refractivity contribution >= 4 is 23.7 Å². The van der Waals surface area contributed by atoms with E-state index in [-0.39, 0.29) is 65.0 Å². The molecule has 0 amide bonds. The molecule has 214 valence electrons. The summed E-state index contributed by atoms with van der Waals surface area (Å²) in [4.78, 5) is 48.5. The van der Waals surface area contributed by atoms with Crippen LogP contribution in [-0.4, -0.2) is 42.5 Å². The first-order chi connectivity index (χ1) is 17.8. The van der Waals surface area contributed by atoms with E-state index < -0.39 is 0 Å². The lowest BCUT2D eigenvalue weighted by Gasteiger charge is -2.60. The first kappa shape index (κ1) is 29.1. The number of hydrogen-bond acceptors (Lipinski definition) is 7. The molecular formula is C31H48O7. The van der Waals surface area contributed by atoms with Crippen LogP contribution in [0.5, 0.6) is 0 Å². The Morgan fingerprint density at radius 1 is 0.842 bits per heavy atom. The van der Waals surface area contributed by atoms with E-state index in [0.717, 1.165) is 51.4 Å². The van der Waals surface area contributed by atoms with Gasteiger partial charge in [0.15, 0.2) is 0 Å². The summed E-state index contributed by atoms with van der Waals surface area (Å²) in [6.07, 6.45) is 8.67. The van der Waals surface area contributed by atoms with Gasteiger partial charge in [-0.05, 0) is 105 Å². The minimum atomic E-state index is -0.359. The molecule has 0 heterocycles. The molecule has 4 fully saturated rings. The Morgan fingerprint density at radius 2 is 1.55 bits per heavy atom. The van der Waals surface area contributed by atoms with Crippen LogP contribution in [0.4, 0.5) is 0 Å². The summed E-state index contributed by atoms with van der Waals surface area (Å²) >= 11 is 0. The van der Waals surface area contributed by atoms with Gasteiger partial charge in [0, 0.05) is 20.3 Å². The van der Waals surface area contributed by atoms with Gasteiger partial charge in [-0.25, -0.2) is 0 Å². The predicted octanol–water partition coefficient (Wildman–Crippen LogP) is 5.67. The summed E-state index contributed by atoms with van der Waals surface area (Å²) in [5, 5.41) is 0. The molecule has 4 rings (SSSR count). The predicted molar refractivity (Wildman–Crippen MR) is 142 cm³/mol. The van der Waals surface area contributed by atoms with Gasteiger partial charge in [0.1, 0.15) is 18.0 Å². The Morgan fingerprint density at radius 3 is 2.21 bits per heavy atom. The van der Waals surface area contributed by atoms with Crippen molar-refractivity contribution < 1.29 is 33.4 Å². The number of rotatable bonds is 8. The topological polar surface area (TPSA) is 96.0 Å². The maximum absolute atomic E-state index is 13.0. The SMILES string of the molecule is CC(=O)OC[C@H](C)CCC(=O)O[C@H]1C[C@H]2[C@@H]3CCC4C[C@@H](OC(C)=O)CC[C@]4(C)[C@H]3CC[C@]2(C)[C@H]1C(C)=O. The second kappa shape index (κ2) is 11.3. The first-order valence-corrected chi connectivity index (χ1v) is 14.9. The normalized spacial score (nSPS) is 40.6. The summed E-state index contributed by atoms with van der Waals surface area (Å²) in [6.45, 7) is 11.6. The second-order valence-electron chi connectivity index (χ2n) is 13.5. The highest BCUT2D eigenvalue weighted by Crippen LogP contribution is 2.68. The molecule has 1 unspecified atom stereocenters. The zero-order chi connectivity index (χ0) is 27.8. The van der Waals surface area contributed by atoms with Gasteiger partial charge < -0.3 is 14.2 Å². The monoisotopic (exact) mass is 532 g/mol. The van der Waals surface area contributed by atoms with E-state index in [1.54, 1.807) is 6.92 Å². The Bertz CT molecular complexity index is 929. The fraction of sp³-hybridized carbons (Fsp3) is 0.871. The van der Waals surface area contributed by atoms with Crippen molar-refractivity contribution in [3.63, 3.8) is 0 Å². The highest BCUT2D eigenvalue weighted by Gasteiger charge is 2.64. The third-order valence-electron chi connectivity index (χ3n) is 11.1. The molecule has 0 aromatic rings. The molecule has 7 heteroatoms. The minimum Gasteiger partial charge on any atom is -0.466 e. The third-order valence-corrected chi connectivity index (χ3v) is 11.1. The van der Waals surface area contributed by atoms with Gasteiger partial charge in [-0.2, -0.15) is 0 Å².